The Labute approximate surface area is 222 Å². The Morgan fingerprint density at radius 2 is 0.944 bits per heavy atom. The molecule has 3 rings (SSSR count). The van der Waals surface area contributed by atoms with Gasteiger partial charge in [0.2, 0.25) is 0 Å². The van der Waals surface area contributed by atoms with E-state index in [2.05, 4.69) is 86.0 Å². The zero-order chi connectivity index (χ0) is 25.6. The van der Waals surface area contributed by atoms with Crippen molar-refractivity contribution in [3.8, 4) is 0 Å². The van der Waals surface area contributed by atoms with E-state index in [1.54, 1.807) is 0 Å². The topological polar surface area (TPSA) is 6.48 Å². The van der Waals surface area contributed by atoms with E-state index in [1.165, 1.54) is 123 Å². The molecule has 0 aromatic heterocycles. The lowest BCUT2D eigenvalue weighted by atomic mass is 9.99. The largest absolute Gasteiger partial charge is 0.370 e. The first-order valence-corrected chi connectivity index (χ1v) is 15.2. The fourth-order valence-electron chi connectivity index (χ4n) is 5.47. The Morgan fingerprint density at radius 3 is 1.44 bits per heavy atom. The molecule has 0 amide bonds. The molecule has 0 fully saturated rings. The Balaban J connectivity index is 2.14. The number of benzene rings is 3. The van der Waals surface area contributed by atoms with Gasteiger partial charge in [-0.2, -0.15) is 0 Å². The van der Waals surface area contributed by atoms with Gasteiger partial charge in [-0.05, 0) is 60.0 Å². The SMILES string of the molecule is CCCCCN(CCCCC)c1ccc2cc3ccccc3cc2c1N(CCCCC)CCCCC. The normalized spacial score (nSPS) is 11.4. The van der Waals surface area contributed by atoms with Gasteiger partial charge in [-0.15, -0.1) is 0 Å². The molecule has 36 heavy (non-hydrogen) atoms. The Bertz CT molecular complexity index is 1000. The van der Waals surface area contributed by atoms with Crippen LogP contribution in [0.3, 0.4) is 0 Å². The standard InChI is InChI=1S/C34H52N2/c1-5-9-15-23-35(24-16-10-6-2)33-22-21-31-27-29-19-13-14-20-30(29)28-32(31)34(33)36(25-17-11-7-3)26-18-12-8-4/h13-14,19-22,27-28H,5-12,15-18,23-26H2,1-4H3. The van der Waals surface area contributed by atoms with Crippen molar-refractivity contribution in [3.63, 3.8) is 0 Å². The van der Waals surface area contributed by atoms with Crippen LogP contribution in [0.2, 0.25) is 0 Å². The average Bonchev–Trinajstić information content (AvgIpc) is 2.90. The van der Waals surface area contributed by atoms with Crippen molar-refractivity contribution >= 4 is 32.9 Å². The van der Waals surface area contributed by atoms with Crippen molar-refractivity contribution in [2.24, 2.45) is 0 Å². The zero-order valence-electron chi connectivity index (χ0n) is 23.8. The molecule has 0 aliphatic heterocycles. The van der Waals surface area contributed by atoms with Crippen molar-refractivity contribution in [3.05, 3.63) is 48.5 Å². The van der Waals surface area contributed by atoms with Gasteiger partial charge in [-0.25, -0.2) is 0 Å². The molecule has 2 nitrogen and oxygen atoms in total. The fraction of sp³-hybridized carbons (Fsp3) is 0.588. The number of hydrogen-bond donors (Lipinski definition) is 0. The number of nitrogens with zero attached hydrogens (tertiary/aromatic N) is 2. The molecule has 2 heteroatoms. The molecule has 0 atom stereocenters. The Morgan fingerprint density at radius 1 is 0.472 bits per heavy atom. The van der Waals surface area contributed by atoms with Crippen LogP contribution in [0.15, 0.2) is 48.5 Å². The minimum Gasteiger partial charge on any atom is -0.370 e. The van der Waals surface area contributed by atoms with Gasteiger partial charge in [-0.1, -0.05) is 109 Å². The molecule has 0 N–H and O–H groups in total. The highest BCUT2D eigenvalue weighted by Gasteiger charge is 2.20. The summed E-state index contributed by atoms with van der Waals surface area (Å²) in [6.45, 7) is 13.9. The first-order chi connectivity index (χ1) is 17.7. The molecular weight excluding hydrogens is 436 g/mol. The van der Waals surface area contributed by atoms with Gasteiger partial charge < -0.3 is 9.80 Å². The summed E-state index contributed by atoms with van der Waals surface area (Å²) in [5.41, 5.74) is 2.97. The van der Waals surface area contributed by atoms with Gasteiger partial charge in [0.05, 0.1) is 11.4 Å². The van der Waals surface area contributed by atoms with E-state index in [-0.39, 0.29) is 0 Å². The van der Waals surface area contributed by atoms with Crippen molar-refractivity contribution in [2.75, 3.05) is 36.0 Å². The predicted molar refractivity (Wildman–Crippen MR) is 164 cm³/mol. The van der Waals surface area contributed by atoms with Crippen LogP contribution in [0.4, 0.5) is 11.4 Å². The molecule has 0 unspecified atom stereocenters. The van der Waals surface area contributed by atoms with E-state index < -0.39 is 0 Å². The maximum absolute atomic E-state index is 2.77. The fourth-order valence-corrected chi connectivity index (χ4v) is 5.47. The van der Waals surface area contributed by atoms with E-state index in [4.69, 9.17) is 0 Å². The van der Waals surface area contributed by atoms with Gasteiger partial charge in [0, 0.05) is 31.6 Å². The van der Waals surface area contributed by atoms with Crippen molar-refractivity contribution < 1.29 is 0 Å². The number of anilines is 2. The predicted octanol–water partition coefficient (Wildman–Crippen LogP) is 10.4. The number of hydrogen-bond acceptors (Lipinski definition) is 2. The lowest BCUT2D eigenvalue weighted by Crippen LogP contribution is -2.31. The number of unbranched alkanes of at least 4 members (excludes halogenated alkanes) is 8. The molecular formula is C34H52N2. The molecule has 0 spiro atoms. The van der Waals surface area contributed by atoms with Gasteiger partial charge in [0.1, 0.15) is 0 Å². The molecule has 0 saturated heterocycles. The van der Waals surface area contributed by atoms with Crippen LogP contribution in [0.1, 0.15) is 105 Å². The quantitative estimate of drug-likeness (QED) is 0.130. The van der Waals surface area contributed by atoms with Crippen LogP contribution in [-0.2, 0) is 0 Å². The van der Waals surface area contributed by atoms with Gasteiger partial charge in [0.25, 0.3) is 0 Å². The molecule has 0 bridgehead atoms. The highest BCUT2D eigenvalue weighted by molar-refractivity contribution is 6.07. The highest BCUT2D eigenvalue weighted by Crippen LogP contribution is 2.40. The molecule has 0 aliphatic rings. The molecule has 0 radical (unpaired) electrons. The smallest absolute Gasteiger partial charge is 0.0683 e. The summed E-state index contributed by atoms with van der Waals surface area (Å²) in [7, 11) is 0. The molecule has 0 heterocycles. The van der Waals surface area contributed by atoms with E-state index in [1.807, 2.05) is 0 Å². The van der Waals surface area contributed by atoms with Gasteiger partial charge in [-0.3, -0.25) is 0 Å². The van der Waals surface area contributed by atoms with Crippen LogP contribution in [0.5, 0.6) is 0 Å². The summed E-state index contributed by atoms with van der Waals surface area (Å²) in [4.78, 5) is 5.51. The lowest BCUT2D eigenvalue weighted by Gasteiger charge is -2.34. The minimum absolute atomic E-state index is 1.16. The maximum atomic E-state index is 2.77. The zero-order valence-corrected chi connectivity index (χ0v) is 23.8. The van der Waals surface area contributed by atoms with E-state index in [9.17, 15) is 0 Å². The second-order valence-corrected chi connectivity index (χ2v) is 10.7. The van der Waals surface area contributed by atoms with Gasteiger partial charge in [0.15, 0.2) is 0 Å². The first kappa shape index (κ1) is 28.4. The second-order valence-electron chi connectivity index (χ2n) is 10.7. The summed E-state index contributed by atoms with van der Waals surface area (Å²) < 4.78 is 0. The maximum Gasteiger partial charge on any atom is 0.0683 e. The van der Waals surface area contributed by atoms with E-state index in [0.717, 1.165) is 13.1 Å². The Hall–Kier alpha value is -2.22. The average molecular weight is 489 g/mol. The van der Waals surface area contributed by atoms with E-state index in [0.29, 0.717) is 0 Å². The molecule has 0 aliphatic carbocycles. The molecule has 3 aromatic rings. The first-order valence-electron chi connectivity index (χ1n) is 15.2. The minimum atomic E-state index is 1.16. The second kappa shape index (κ2) is 15.8. The third kappa shape index (κ3) is 7.89. The van der Waals surface area contributed by atoms with Crippen molar-refractivity contribution in [2.45, 2.75) is 105 Å². The Kier molecular flexibility index (Phi) is 12.4. The monoisotopic (exact) mass is 488 g/mol. The van der Waals surface area contributed by atoms with Gasteiger partial charge >= 0.3 is 0 Å². The molecule has 3 aromatic carbocycles. The molecule has 0 saturated carbocycles. The summed E-state index contributed by atoms with van der Waals surface area (Å²) in [6.07, 6.45) is 15.5. The number of fused-ring (bicyclic) bond motifs is 2. The number of rotatable bonds is 18. The third-order valence-corrected chi connectivity index (χ3v) is 7.62. The summed E-state index contributed by atoms with van der Waals surface area (Å²) in [5.74, 6) is 0. The summed E-state index contributed by atoms with van der Waals surface area (Å²) in [5, 5.41) is 5.52. The van der Waals surface area contributed by atoms with Crippen molar-refractivity contribution in [1.82, 2.24) is 0 Å². The van der Waals surface area contributed by atoms with Crippen LogP contribution < -0.4 is 9.80 Å². The highest BCUT2D eigenvalue weighted by atomic mass is 15.2. The van der Waals surface area contributed by atoms with E-state index >= 15 is 0 Å². The van der Waals surface area contributed by atoms with Crippen LogP contribution >= 0.6 is 0 Å². The van der Waals surface area contributed by atoms with Crippen LogP contribution in [0.25, 0.3) is 21.5 Å². The van der Waals surface area contributed by atoms with Crippen LogP contribution in [0, 0.1) is 0 Å². The molecule has 198 valence electrons. The lowest BCUT2D eigenvalue weighted by molar-refractivity contribution is 0.625. The summed E-state index contributed by atoms with van der Waals surface area (Å²) in [6, 6.07) is 18.6. The van der Waals surface area contributed by atoms with Crippen molar-refractivity contribution in [1.29, 1.82) is 0 Å². The third-order valence-electron chi connectivity index (χ3n) is 7.62. The van der Waals surface area contributed by atoms with Crippen LogP contribution in [-0.4, -0.2) is 26.2 Å². The summed E-state index contributed by atoms with van der Waals surface area (Å²) >= 11 is 0.